The van der Waals surface area contributed by atoms with Gasteiger partial charge in [-0.2, -0.15) is 0 Å². The van der Waals surface area contributed by atoms with E-state index in [9.17, 15) is 4.79 Å². The lowest BCUT2D eigenvalue weighted by molar-refractivity contribution is -0.136. The number of amides is 1. The molecule has 1 unspecified atom stereocenters. The number of benzene rings is 2. The van der Waals surface area contributed by atoms with E-state index >= 15 is 0 Å². The van der Waals surface area contributed by atoms with Crippen LogP contribution < -0.4 is 9.47 Å². The van der Waals surface area contributed by atoms with Crippen molar-refractivity contribution >= 4 is 5.91 Å². The summed E-state index contributed by atoms with van der Waals surface area (Å²) in [6, 6.07) is 15.6. The molecule has 5 nitrogen and oxygen atoms in total. The van der Waals surface area contributed by atoms with Crippen LogP contribution in [0.1, 0.15) is 23.8 Å². The van der Waals surface area contributed by atoms with Gasteiger partial charge in [0.15, 0.2) is 17.7 Å². The van der Waals surface area contributed by atoms with E-state index in [-0.39, 0.29) is 12.1 Å². The zero-order valence-electron chi connectivity index (χ0n) is 14.6. The van der Waals surface area contributed by atoms with Crippen molar-refractivity contribution in [2.75, 3.05) is 27.4 Å². The lowest BCUT2D eigenvalue weighted by atomic mass is 10.1. The highest BCUT2D eigenvalue weighted by Crippen LogP contribution is 2.29. The van der Waals surface area contributed by atoms with E-state index in [4.69, 9.17) is 14.2 Å². The Labute approximate surface area is 148 Å². The van der Waals surface area contributed by atoms with Crippen molar-refractivity contribution in [1.82, 2.24) is 4.90 Å². The minimum absolute atomic E-state index is 0.0983. The highest BCUT2D eigenvalue weighted by atomic mass is 16.5. The van der Waals surface area contributed by atoms with Crippen molar-refractivity contribution in [1.29, 1.82) is 0 Å². The van der Waals surface area contributed by atoms with Gasteiger partial charge >= 0.3 is 0 Å². The van der Waals surface area contributed by atoms with Gasteiger partial charge in [-0.25, -0.2) is 0 Å². The van der Waals surface area contributed by atoms with Crippen molar-refractivity contribution in [3.05, 3.63) is 59.7 Å². The van der Waals surface area contributed by atoms with Gasteiger partial charge in [-0.1, -0.05) is 36.4 Å². The molecule has 1 amide bonds. The average Bonchev–Trinajstić information content (AvgIpc) is 3.16. The van der Waals surface area contributed by atoms with Crippen LogP contribution in [0.5, 0.6) is 11.5 Å². The lowest BCUT2D eigenvalue weighted by Crippen LogP contribution is -2.31. The molecule has 0 aliphatic carbocycles. The largest absolute Gasteiger partial charge is 0.493 e. The number of hydrogen-bond acceptors (Lipinski definition) is 4. The number of nitrogens with zero attached hydrogens (tertiary/aromatic N) is 1. The number of aryl methyl sites for hydroxylation is 1. The number of ether oxygens (including phenoxy) is 3. The van der Waals surface area contributed by atoms with Gasteiger partial charge in [0.2, 0.25) is 5.91 Å². The minimum Gasteiger partial charge on any atom is -0.493 e. The van der Waals surface area contributed by atoms with Crippen LogP contribution in [0.4, 0.5) is 0 Å². The number of carbonyl (C=O) groups excluding carboxylic acids is 1. The Morgan fingerprint density at radius 2 is 1.88 bits per heavy atom. The van der Waals surface area contributed by atoms with Crippen LogP contribution >= 0.6 is 0 Å². The molecular weight excluding hydrogens is 318 g/mol. The maximum Gasteiger partial charge on any atom is 0.225 e. The van der Waals surface area contributed by atoms with E-state index in [0.29, 0.717) is 37.5 Å². The molecule has 0 aromatic heterocycles. The second kappa shape index (κ2) is 8.03. The molecule has 5 heteroatoms. The topological polar surface area (TPSA) is 48.0 Å². The molecule has 0 bridgehead atoms. The van der Waals surface area contributed by atoms with Crippen LogP contribution in [-0.2, 0) is 16.0 Å². The third kappa shape index (κ3) is 3.94. The number of hydrogen-bond donors (Lipinski definition) is 0. The van der Waals surface area contributed by atoms with Crippen molar-refractivity contribution < 1.29 is 19.0 Å². The first-order valence-corrected chi connectivity index (χ1v) is 8.40. The monoisotopic (exact) mass is 341 g/mol. The van der Waals surface area contributed by atoms with Crippen molar-refractivity contribution in [2.24, 2.45) is 0 Å². The van der Waals surface area contributed by atoms with Crippen LogP contribution in [0, 0.1) is 0 Å². The molecule has 132 valence electrons. The summed E-state index contributed by atoms with van der Waals surface area (Å²) in [5, 5.41) is 0. The molecular formula is C20H23NO4. The summed E-state index contributed by atoms with van der Waals surface area (Å²) in [5.41, 5.74) is 2.06. The predicted molar refractivity (Wildman–Crippen MR) is 94.7 cm³/mol. The second-order valence-corrected chi connectivity index (χ2v) is 5.91. The van der Waals surface area contributed by atoms with Gasteiger partial charge in [-0.05, 0) is 24.1 Å². The van der Waals surface area contributed by atoms with Crippen molar-refractivity contribution in [2.45, 2.75) is 19.1 Å². The number of carbonyl (C=O) groups is 1. The SMILES string of the molecule is COc1ccc(CCC(=O)N2CCOC2c2ccccc2)cc1OC. The first-order chi connectivity index (χ1) is 12.2. The van der Waals surface area contributed by atoms with Crippen LogP contribution in [0.3, 0.4) is 0 Å². The normalized spacial score (nSPS) is 16.7. The predicted octanol–water partition coefficient (Wildman–Crippen LogP) is 3.19. The van der Waals surface area contributed by atoms with Gasteiger partial charge in [0.05, 0.1) is 20.8 Å². The molecule has 1 saturated heterocycles. The molecule has 25 heavy (non-hydrogen) atoms. The second-order valence-electron chi connectivity index (χ2n) is 5.91. The standard InChI is InChI=1S/C20H23NO4/c1-23-17-10-8-15(14-18(17)24-2)9-11-19(22)21-12-13-25-20(21)16-6-4-3-5-7-16/h3-8,10,14,20H,9,11-13H2,1-2H3. The van der Waals surface area contributed by atoms with Gasteiger partial charge in [0.25, 0.3) is 0 Å². The molecule has 1 fully saturated rings. The molecule has 3 rings (SSSR count). The van der Waals surface area contributed by atoms with Gasteiger partial charge in [0, 0.05) is 18.5 Å². The zero-order valence-corrected chi connectivity index (χ0v) is 14.6. The Kier molecular flexibility index (Phi) is 5.56. The fourth-order valence-electron chi connectivity index (χ4n) is 3.05. The zero-order chi connectivity index (χ0) is 17.6. The smallest absolute Gasteiger partial charge is 0.225 e. The molecule has 1 aliphatic heterocycles. The summed E-state index contributed by atoms with van der Waals surface area (Å²) in [5.74, 6) is 1.47. The van der Waals surface area contributed by atoms with E-state index in [1.807, 2.05) is 53.4 Å². The lowest BCUT2D eigenvalue weighted by Gasteiger charge is -2.23. The van der Waals surface area contributed by atoms with Crippen molar-refractivity contribution in [3.8, 4) is 11.5 Å². The van der Waals surface area contributed by atoms with Crippen LogP contribution in [0.2, 0.25) is 0 Å². The molecule has 0 spiro atoms. The highest BCUT2D eigenvalue weighted by molar-refractivity contribution is 5.77. The molecule has 2 aromatic carbocycles. The fourth-order valence-corrected chi connectivity index (χ4v) is 3.05. The van der Waals surface area contributed by atoms with E-state index in [1.54, 1.807) is 14.2 Å². The highest BCUT2D eigenvalue weighted by Gasteiger charge is 2.30. The summed E-state index contributed by atoms with van der Waals surface area (Å²) in [7, 11) is 3.22. The Bertz CT molecular complexity index is 717. The quantitative estimate of drug-likeness (QED) is 0.810. The van der Waals surface area contributed by atoms with E-state index in [2.05, 4.69) is 0 Å². The Morgan fingerprint density at radius 1 is 1.12 bits per heavy atom. The van der Waals surface area contributed by atoms with Crippen molar-refractivity contribution in [3.63, 3.8) is 0 Å². The molecule has 1 aliphatic rings. The van der Waals surface area contributed by atoms with Gasteiger partial charge < -0.3 is 19.1 Å². The average molecular weight is 341 g/mol. The third-order valence-corrected chi connectivity index (χ3v) is 4.37. The summed E-state index contributed by atoms with van der Waals surface area (Å²) in [4.78, 5) is 14.5. The summed E-state index contributed by atoms with van der Waals surface area (Å²) in [6.45, 7) is 1.20. The van der Waals surface area contributed by atoms with Crippen LogP contribution in [0.25, 0.3) is 0 Å². The maximum absolute atomic E-state index is 12.7. The van der Waals surface area contributed by atoms with E-state index < -0.39 is 0 Å². The van der Waals surface area contributed by atoms with Gasteiger partial charge in [-0.15, -0.1) is 0 Å². The van der Waals surface area contributed by atoms with Crippen LogP contribution in [0.15, 0.2) is 48.5 Å². The summed E-state index contributed by atoms with van der Waals surface area (Å²) < 4.78 is 16.3. The number of methoxy groups -OCH3 is 2. The fraction of sp³-hybridized carbons (Fsp3) is 0.350. The van der Waals surface area contributed by atoms with Crippen LogP contribution in [-0.4, -0.2) is 38.2 Å². The molecule has 2 aromatic rings. The first-order valence-electron chi connectivity index (χ1n) is 8.40. The summed E-state index contributed by atoms with van der Waals surface area (Å²) >= 11 is 0. The minimum atomic E-state index is -0.279. The molecule has 0 radical (unpaired) electrons. The molecule has 1 heterocycles. The van der Waals surface area contributed by atoms with Gasteiger partial charge in [0.1, 0.15) is 0 Å². The Hall–Kier alpha value is -2.53. The van der Waals surface area contributed by atoms with Gasteiger partial charge in [-0.3, -0.25) is 4.79 Å². The van der Waals surface area contributed by atoms with E-state index in [0.717, 1.165) is 11.1 Å². The Morgan fingerprint density at radius 3 is 2.60 bits per heavy atom. The Balaban J connectivity index is 1.64. The molecule has 1 atom stereocenters. The number of rotatable bonds is 6. The third-order valence-electron chi connectivity index (χ3n) is 4.37. The van der Waals surface area contributed by atoms with E-state index in [1.165, 1.54) is 0 Å². The molecule has 0 saturated carbocycles. The first kappa shape index (κ1) is 17.3. The maximum atomic E-state index is 12.7. The summed E-state index contributed by atoms with van der Waals surface area (Å²) in [6.07, 6.45) is 0.804. The molecule has 0 N–H and O–H groups in total.